The molecule has 0 spiro atoms. The van der Waals surface area contributed by atoms with Crippen LogP contribution in [0.5, 0.6) is 0 Å². The van der Waals surface area contributed by atoms with Crippen LogP contribution in [0.4, 0.5) is 0 Å². The van der Waals surface area contributed by atoms with Gasteiger partial charge in [-0.15, -0.1) is 0 Å². The molecule has 2 rings (SSSR count). The van der Waals surface area contributed by atoms with Crippen LogP contribution in [0.3, 0.4) is 0 Å². The van der Waals surface area contributed by atoms with Crippen molar-refractivity contribution in [2.45, 2.75) is 92.9 Å². The quantitative estimate of drug-likeness (QED) is 0.514. The first-order valence-corrected chi connectivity index (χ1v) is 12.0. The molecule has 0 fully saturated rings. The van der Waals surface area contributed by atoms with Gasteiger partial charge in [0.25, 0.3) is 0 Å². The zero-order valence-electron chi connectivity index (χ0n) is 16.9. The summed E-state index contributed by atoms with van der Waals surface area (Å²) in [6.07, 6.45) is 10.6. The molecule has 0 saturated carbocycles. The monoisotopic (exact) mass is 458 g/mol. The second-order valence-electron chi connectivity index (χ2n) is 7.41. The van der Waals surface area contributed by atoms with Crippen molar-refractivity contribution in [2.75, 3.05) is 0 Å². The number of allylic oxidation sites excluding steroid dienone is 8. The van der Waals surface area contributed by atoms with E-state index in [2.05, 4.69) is 41.5 Å². The number of rotatable bonds is 8. The van der Waals surface area contributed by atoms with Crippen LogP contribution in [0, 0.1) is 0 Å². The van der Waals surface area contributed by atoms with Gasteiger partial charge in [0.15, 0.2) is 0 Å². The summed E-state index contributed by atoms with van der Waals surface area (Å²) >= 11 is -0.568. The van der Waals surface area contributed by atoms with E-state index in [4.69, 9.17) is 0 Å². The Morgan fingerprint density at radius 2 is 1.04 bits per heavy atom. The SMILES string of the molecule is CCCCC1=[C]([Zr+2][C]2=C(CCCC)C(C)=C(C)C2)CC(C)=C1C.[Cl-].[Cl-]. The minimum Gasteiger partial charge on any atom is -1.00 e. The molecule has 2 aliphatic rings. The zero-order valence-corrected chi connectivity index (χ0v) is 20.9. The molecule has 0 N–H and O–H groups in total. The molecule has 0 aromatic carbocycles. The van der Waals surface area contributed by atoms with E-state index in [0.29, 0.717) is 0 Å². The van der Waals surface area contributed by atoms with Gasteiger partial charge >= 0.3 is 156 Å². The molecule has 25 heavy (non-hydrogen) atoms. The predicted molar refractivity (Wildman–Crippen MR) is 99.1 cm³/mol. The predicted octanol–water partition coefficient (Wildman–Crippen LogP) is 1.45. The summed E-state index contributed by atoms with van der Waals surface area (Å²) in [5.74, 6) is 0. The van der Waals surface area contributed by atoms with Gasteiger partial charge in [-0.3, -0.25) is 0 Å². The van der Waals surface area contributed by atoms with Gasteiger partial charge in [-0.1, -0.05) is 0 Å². The largest absolute Gasteiger partial charge is 1.00 e. The molecule has 0 radical (unpaired) electrons. The van der Waals surface area contributed by atoms with Gasteiger partial charge in [0.05, 0.1) is 0 Å². The van der Waals surface area contributed by atoms with Gasteiger partial charge < -0.3 is 24.8 Å². The van der Waals surface area contributed by atoms with Gasteiger partial charge in [-0.2, -0.15) is 0 Å². The van der Waals surface area contributed by atoms with Crippen LogP contribution < -0.4 is 24.8 Å². The smallest absolute Gasteiger partial charge is 1.00 e. The van der Waals surface area contributed by atoms with Gasteiger partial charge in [-0.05, 0) is 0 Å². The average molecular weight is 461 g/mol. The van der Waals surface area contributed by atoms with Crippen LogP contribution in [0.1, 0.15) is 92.9 Å². The first kappa shape index (κ1) is 25.4. The van der Waals surface area contributed by atoms with E-state index >= 15 is 0 Å². The van der Waals surface area contributed by atoms with Gasteiger partial charge in [0.1, 0.15) is 0 Å². The van der Waals surface area contributed by atoms with Gasteiger partial charge in [-0.25, -0.2) is 0 Å². The van der Waals surface area contributed by atoms with Crippen molar-refractivity contribution < 1.29 is 48.0 Å². The van der Waals surface area contributed by atoms with E-state index in [9.17, 15) is 0 Å². The van der Waals surface area contributed by atoms with Crippen molar-refractivity contribution in [3.8, 4) is 0 Å². The summed E-state index contributed by atoms with van der Waals surface area (Å²) < 4.78 is 3.81. The fourth-order valence-electron chi connectivity index (χ4n) is 3.78. The second-order valence-corrected chi connectivity index (χ2v) is 11.0. The molecule has 0 aromatic heterocycles. The first-order valence-electron chi connectivity index (χ1n) is 9.54. The van der Waals surface area contributed by atoms with Crippen LogP contribution in [0.2, 0.25) is 0 Å². The van der Waals surface area contributed by atoms with E-state index in [0.717, 1.165) is 0 Å². The molecule has 140 valence electrons. The Labute approximate surface area is 180 Å². The number of unbranched alkanes of at least 4 members (excludes halogenated alkanes) is 2. The Balaban J connectivity index is 0.00000288. The summed E-state index contributed by atoms with van der Waals surface area (Å²) in [4.78, 5) is 0. The third-order valence-corrected chi connectivity index (χ3v) is 9.50. The number of hydrogen-bond acceptors (Lipinski definition) is 0. The summed E-state index contributed by atoms with van der Waals surface area (Å²) in [5.41, 5.74) is 10.2. The third-order valence-electron chi connectivity index (χ3n) is 5.66. The molecule has 0 atom stereocenters. The average Bonchev–Trinajstić information content (AvgIpc) is 2.93. The maximum absolute atomic E-state index is 2.38. The summed E-state index contributed by atoms with van der Waals surface area (Å²) in [7, 11) is 0. The zero-order chi connectivity index (χ0) is 17.0. The van der Waals surface area contributed by atoms with Crippen LogP contribution >= 0.6 is 0 Å². The van der Waals surface area contributed by atoms with Crippen LogP contribution in [0.15, 0.2) is 40.0 Å². The van der Waals surface area contributed by atoms with Crippen molar-refractivity contribution in [1.82, 2.24) is 0 Å². The minimum atomic E-state index is -0.568. The molecule has 0 nitrogen and oxygen atoms in total. The topological polar surface area (TPSA) is 0 Å². The normalized spacial score (nSPS) is 17.2. The van der Waals surface area contributed by atoms with E-state index in [1.807, 2.05) is 6.56 Å². The Kier molecular flexibility index (Phi) is 12.2. The third kappa shape index (κ3) is 6.22. The standard InChI is InChI=1S/2C11H17.2ClH.Zr/c2*1-4-5-6-11-8-7-9(2)10(11)3;;;/h2*4-7H2,1-3H3;2*1H;/q;;;;+2/p-2. The molecule has 0 aromatic rings. The first-order chi connectivity index (χ1) is 11.0. The molecular weight excluding hydrogens is 426 g/mol. The van der Waals surface area contributed by atoms with Crippen molar-refractivity contribution in [2.24, 2.45) is 0 Å². The van der Waals surface area contributed by atoms with Crippen molar-refractivity contribution in [3.05, 3.63) is 40.0 Å². The Morgan fingerprint density at radius 1 is 0.680 bits per heavy atom. The summed E-state index contributed by atoms with van der Waals surface area (Å²) in [5, 5.41) is 0. The molecule has 2 aliphatic carbocycles. The number of hydrogen-bond donors (Lipinski definition) is 0. The van der Waals surface area contributed by atoms with E-state index < -0.39 is 23.2 Å². The summed E-state index contributed by atoms with van der Waals surface area (Å²) in [6, 6.07) is 0. The van der Waals surface area contributed by atoms with Crippen LogP contribution in [0.25, 0.3) is 0 Å². The maximum atomic E-state index is 2.38. The second kappa shape index (κ2) is 12.0. The minimum absolute atomic E-state index is 0. The molecule has 0 amide bonds. The molecule has 0 unspecified atom stereocenters. The molecule has 0 saturated heterocycles. The van der Waals surface area contributed by atoms with Gasteiger partial charge in [0, 0.05) is 0 Å². The Morgan fingerprint density at radius 3 is 1.36 bits per heavy atom. The van der Waals surface area contributed by atoms with E-state index in [1.54, 1.807) is 33.4 Å². The van der Waals surface area contributed by atoms with Crippen LogP contribution in [-0.4, -0.2) is 0 Å². The van der Waals surface area contributed by atoms with E-state index in [-0.39, 0.29) is 24.8 Å². The number of halogens is 2. The fraction of sp³-hybridized carbons (Fsp3) is 0.636. The Hall–Kier alpha value is 0.423. The molecule has 0 bridgehead atoms. The maximum Gasteiger partial charge on any atom is -1.00 e. The van der Waals surface area contributed by atoms with Gasteiger partial charge in [0.2, 0.25) is 0 Å². The van der Waals surface area contributed by atoms with Crippen molar-refractivity contribution in [1.29, 1.82) is 0 Å². The molecular formula is C22H34Cl2Zr. The van der Waals surface area contributed by atoms with Crippen molar-refractivity contribution >= 4 is 0 Å². The van der Waals surface area contributed by atoms with Crippen molar-refractivity contribution in [3.63, 3.8) is 0 Å². The summed E-state index contributed by atoms with van der Waals surface area (Å²) in [6.45, 7) is 14.1. The molecule has 0 heterocycles. The van der Waals surface area contributed by atoms with E-state index in [1.165, 1.54) is 51.4 Å². The molecule has 0 aliphatic heterocycles. The Bertz CT molecular complexity index is 539. The van der Waals surface area contributed by atoms with Crippen LogP contribution in [-0.2, 0) is 23.2 Å². The fourth-order valence-corrected chi connectivity index (χ4v) is 8.69. The molecule has 3 heteroatoms.